The number of para-hydroxylation sites is 2. The molecule has 19 heavy (non-hydrogen) atoms. The standard InChI is InChI=1S/C16H14ClNO/c17-10-5-11-18-14-8-3-1-6-12(14)16(19)13-7-2-4-9-15(13)18/h1-4,6-9H,5,10-11H2. The fourth-order valence-electron chi connectivity index (χ4n) is 2.54. The number of hydrogen-bond donors (Lipinski definition) is 0. The van der Waals surface area contributed by atoms with E-state index in [1.807, 2.05) is 48.5 Å². The minimum absolute atomic E-state index is 0.105. The van der Waals surface area contributed by atoms with Crippen LogP contribution in [0.15, 0.2) is 53.3 Å². The molecule has 0 unspecified atom stereocenters. The Morgan fingerprint density at radius 1 is 0.895 bits per heavy atom. The number of alkyl halides is 1. The van der Waals surface area contributed by atoms with Crippen molar-refractivity contribution in [2.24, 2.45) is 0 Å². The molecule has 0 saturated carbocycles. The number of halogens is 1. The Bertz CT molecular complexity index is 731. The van der Waals surface area contributed by atoms with E-state index in [1.165, 1.54) is 0 Å². The third-order valence-electron chi connectivity index (χ3n) is 3.39. The normalized spacial score (nSPS) is 11.2. The molecule has 0 amide bonds. The molecule has 2 nitrogen and oxygen atoms in total. The van der Waals surface area contributed by atoms with Crippen LogP contribution >= 0.6 is 11.6 Å². The lowest BCUT2D eigenvalue weighted by Crippen LogP contribution is -2.11. The van der Waals surface area contributed by atoms with Crippen molar-refractivity contribution in [2.45, 2.75) is 13.0 Å². The average Bonchev–Trinajstić information content (AvgIpc) is 2.47. The van der Waals surface area contributed by atoms with Crippen molar-refractivity contribution in [1.82, 2.24) is 4.57 Å². The highest BCUT2D eigenvalue weighted by molar-refractivity contribution is 6.17. The van der Waals surface area contributed by atoms with Crippen LogP contribution in [0, 0.1) is 0 Å². The quantitative estimate of drug-likeness (QED) is 0.525. The van der Waals surface area contributed by atoms with E-state index in [-0.39, 0.29) is 5.43 Å². The Hall–Kier alpha value is -1.80. The summed E-state index contributed by atoms with van der Waals surface area (Å²) in [4.78, 5) is 12.5. The van der Waals surface area contributed by atoms with E-state index < -0.39 is 0 Å². The molecule has 3 heteroatoms. The van der Waals surface area contributed by atoms with Gasteiger partial charge in [0, 0.05) is 23.2 Å². The molecule has 0 aliphatic carbocycles. The second-order valence-corrected chi connectivity index (χ2v) is 4.94. The number of benzene rings is 2. The predicted molar refractivity (Wildman–Crippen MR) is 81.1 cm³/mol. The van der Waals surface area contributed by atoms with Gasteiger partial charge in [-0.15, -0.1) is 11.6 Å². The molecule has 1 heterocycles. The van der Waals surface area contributed by atoms with Gasteiger partial charge < -0.3 is 4.57 Å². The molecule has 1 aromatic heterocycles. The van der Waals surface area contributed by atoms with Gasteiger partial charge in [0.2, 0.25) is 0 Å². The zero-order valence-electron chi connectivity index (χ0n) is 10.5. The first-order chi connectivity index (χ1) is 9.33. The van der Waals surface area contributed by atoms with Gasteiger partial charge in [-0.05, 0) is 30.7 Å². The van der Waals surface area contributed by atoms with Crippen LogP contribution in [-0.2, 0) is 6.54 Å². The molecule has 0 radical (unpaired) electrons. The van der Waals surface area contributed by atoms with Gasteiger partial charge in [-0.25, -0.2) is 0 Å². The van der Waals surface area contributed by atoms with Crippen LogP contribution in [-0.4, -0.2) is 10.4 Å². The van der Waals surface area contributed by atoms with E-state index in [2.05, 4.69) is 4.57 Å². The molecule has 0 aliphatic heterocycles. The number of hydrogen-bond acceptors (Lipinski definition) is 1. The van der Waals surface area contributed by atoms with Gasteiger partial charge in [-0.3, -0.25) is 4.79 Å². The van der Waals surface area contributed by atoms with Crippen LogP contribution in [0.1, 0.15) is 6.42 Å². The van der Waals surface area contributed by atoms with Crippen molar-refractivity contribution < 1.29 is 0 Å². The topological polar surface area (TPSA) is 22.0 Å². The number of fused-ring (bicyclic) bond motifs is 2. The second-order valence-electron chi connectivity index (χ2n) is 4.56. The van der Waals surface area contributed by atoms with Gasteiger partial charge in [0.25, 0.3) is 0 Å². The van der Waals surface area contributed by atoms with E-state index in [1.54, 1.807) is 0 Å². The maximum absolute atomic E-state index is 12.5. The van der Waals surface area contributed by atoms with Crippen molar-refractivity contribution in [3.63, 3.8) is 0 Å². The Morgan fingerprint density at radius 3 is 1.95 bits per heavy atom. The number of pyridine rings is 1. The van der Waals surface area contributed by atoms with Crippen LogP contribution in [0.25, 0.3) is 21.8 Å². The maximum Gasteiger partial charge on any atom is 0.197 e. The first kappa shape index (κ1) is 12.2. The Kier molecular flexibility index (Phi) is 3.26. The Labute approximate surface area is 116 Å². The lowest BCUT2D eigenvalue weighted by Gasteiger charge is -2.14. The summed E-state index contributed by atoms with van der Waals surface area (Å²) in [6.07, 6.45) is 0.887. The zero-order valence-corrected chi connectivity index (χ0v) is 11.2. The minimum atomic E-state index is 0.105. The first-order valence-electron chi connectivity index (χ1n) is 6.39. The molecule has 0 aliphatic rings. The summed E-state index contributed by atoms with van der Waals surface area (Å²) < 4.78 is 2.19. The molecule has 2 aromatic carbocycles. The fourth-order valence-corrected chi connectivity index (χ4v) is 2.66. The third kappa shape index (κ3) is 2.02. The van der Waals surface area contributed by atoms with E-state index in [0.717, 1.165) is 34.8 Å². The van der Waals surface area contributed by atoms with Gasteiger partial charge >= 0.3 is 0 Å². The molecule has 0 bridgehead atoms. The van der Waals surface area contributed by atoms with Gasteiger partial charge in [0.15, 0.2) is 5.43 Å². The summed E-state index contributed by atoms with van der Waals surface area (Å²) in [7, 11) is 0. The second kappa shape index (κ2) is 5.06. The van der Waals surface area contributed by atoms with Gasteiger partial charge in [-0.1, -0.05) is 24.3 Å². The summed E-state index contributed by atoms with van der Waals surface area (Å²) in [6.45, 7) is 0.824. The molecule has 3 aromatic rings. The fraction of sp³-hybridized carbons (Fsp3) is 0.188. The van der Waals surface area contributed by atoms with Crippen molar-refractivity contribution in [3.05, 3.63) is 58.8 Å². The monoisotopic (exact) mass is 271 g/mol. The van der Waals surface area contributed by atoms with Crippen LogP contribution in [0.5, 0.6) is 0 Å². The van der Waals surface area contributed by atoms with Crippen molar-refractivity contribution in [2.75, 3.05) is 5.88 Å². The Balaban J connectivity index is 2.45. The highest BCUT2D eigenvalue weighted by Gasteiger charge is 2.09. The van der Waals surface area contributed by atoms with Gasteiger partial charge in [0.1, 0.15) is 0 Å². The molecule has 0 N–H and O–H groups in total. The van der Waals surface area contributed by atoms with Crippen molar-refractivity contribution in [1.29, 1.82) is 0 Å². The van der Waals surface area contributed by atoms with E-state index in [9.17, 15) is 4.79 Å². The lowest BCUT2D eigenvalue weighted by atomic mass is 10.1. The lowest BCUT2D eigenvalue weighted by molar-refractivity contribution is 0.724. The predicted octanol–water partition coefficient (Wildman–Crippen LogP) is 3.78. The molecular formula is C16H14ClNO. The smallest absolute Gasteiger partial charge is 0.197 e. The largest absolute Gasteiger partial charge is 0.340 e. The molecule has 0 atom stereocenters. The number of nitrogens with zero attached hydrogens (tertiary/aromatic N) is 1. The highest BCUT2D eigenvalue weighted by Crippen LogP contribution is 2.19. The first-order valence-corrected chi connectivity index (χ1v) is 6.92. The van der Waals surface area contributed by atoms with E-state index >= 15 is 0 Å². The third-order valence-corrected chi connectivity index (χ3v) is 3.66. The number of aromatic nitrogens is 1. The summed E-state index contributed by atoms with van der Waals surface area (Å²) in [5, 5.41) is 1.55. The van der Waals surface area contributed by atoms with E-state index in [4.69, 9.17) is 11.6 Å². The minimum Gasteiger partial charge on any atom is -0.340 e. The zero-order chi connectivity index (χ0) is 13.2. The molecule has 3 rings (SSSR count). The average molecular weight is 272 g/mol. The molecular weight excluding hydrogens is 258 g/mol. The van der Waals surface area contributed by atoms with Crippen molar-refractivity contribution >= 4 is 33.4 Å². The van der Waals surface area contributed by atoms with Gasteiger partial charge in [0.05, 0.1) is 11.0 Å². The SMILES string of the molecule is O=c1c2ccccc2n(CCCCl)c2ccccc12. The Morgan fingerprint density at radius 2 is 1.42 bits per heavy atom. The van der Waals surface area contributed by atoms with E-state index in [0.29, 0.717) is 5.88 Å². The summed E-state index contributed by atoms with van der Waals surface area (Å²) in [5.41, 5.74) is 2.07. The molecule has 96 valence electrons. The molecule has 0 saturated heterocycles. The van der Waals surface area contributed by atoms with Crippen LogP contribution in [0.3, 0.4) is 0 Å². The number of aryl methyl sites for hydroxylation is 1. The summed E-state index contributed by atoms with van der Waals surface area (Å²) in [5.74, 6) is 0.620. The van der Waals surface area contributed by atoms with Gasteiger partial charge in [-0.2, -0.15) is 0 Å². The number of rotatable bonds is 3. The molecule has 0 spiro atoms. The van der Waals surface area contributed by atoms with Crippen molar-refractivity contribution in [3.8, 4) is 0 Å². The maximum atomic E-state index is 12.5. The van der Waals surface area contributed by atoms with Crippen LogP contribution in [0.4, 0.5) is 0 Å². The molecule has 0 fully saturated rings. The van der Waals surface area contributed by atoms with Crippen LogP contribution in [0.2, 0.25) is 0 Å². The van der Waals surface area contributed by atoms with Crippen LogP contribution < -0.4 is 5.43 Å². The highest BCUT2D eigenvalue weighted by atomic mass is 35.5. The summed E-state index contributed by atoms with van der Waals surface area (Å²) in [6, 6.07) is 15.5. The summed E-state index contributed by atoms with van der Waals surface area (Å²) >= 11 is 5.81.